The summed E-state index contributed by atoms with van der Waals surface area (Å²) in [6.45, 7) is 8.09. The number of carbonyl (C=O) groups is 1. The smallest absolute Gasteiger partial charge is 0.341 e. The van der Waals surface area contributed by atoms with Gasteiger partial charge in [0.25, 0.3) is 0 Å². The molecule has 0 saturated carbocycles. The zero-order chi connectivity index (χ0) is 19.3. The first-order valence-corrected chi connectivity index (χ1v) is 8.80. The van der Waals surface area contributed by atoms with Crippen LogP contribution in [0.15, 0.2) is 30.6 Å². The fraction of sp³-hybridized carbons (Fsp3) is 0.316. The Morgan fingerprint density at radius 1 is 1.31 bits per heavy atom. The van der Waals surface area contributed by atoms with Gasteiger partial charge in [0.2, 0.25) is 0 Å². The van der Waals surface area contributed by atoms with E-state index in [1.54, 1.807) is 36.9 Å². The summed E-state index contributed by atoms with van der Waals surface area (Å²) in [4.78, 5) is 15.8. The number of carbonyl (C=O) groups excluding carboxylic acids is 1. The Bertz CT molecular complexity index is 925. The molecule has 2 heterocycles. The molecular weight excluding hydrogens is 357 g/mol. The highest BCUT2D eigenvalue weighted by Crippen LogP contribution is 2.22. The van der Waals surface area contributed by atoms with E-state index in [9.17, 15) is 9.18 Å². The lowest BCUT2D eigenvalue weighted by atomic mass is 10.1. The van der Waals surface area contributed by atoms with Gasteiger partial charge in [-0.15, -0.1) is 0 Å². The molecule has 0 saturated heterocycles. The summed E-state index contributed by atoms with van der Waals surface area (Å²) >= 11 is 5.92. The van der Waals surface area contributed by atoms with E-state index in [1.165, 1.54) is 12.3 Å². The standard InChI is InChI=1S/C17H15ClFN3O2.C2H6/c1-3-24-17(23)14-9-22(21-10(14)2)8-11-4-12-6-13(18)7-20-16(12)15(19)5-11;1-2/h4-7,9H,3,8H2,1-2H3;1-2H3. The summed E-state index contributed by atoms with van der Waals surface area (Å²) in [6, 6.07) is 4.87. The molecule has 0 amide bonds. The number of fused-ring (bicyclic) bond motifs is 1. The van der Waals surface area contributed by atoms with Gasteiger partial charge in [-0.05, 0) is 37.6 Å². The van der Waals surface area contributed by atoms with E-state index in [0.717, 1.165) is 0 Å². The van der Waals surface area contributed by atoms with Gasteiger partial charge in [0.05, 0.1) is 23.9 Å². The molecule has 5 nitrogen and oxygen atoms in total. The molecule has 0 radical (unpaired) electrons. The fourth-order valence-electron chi connectivity index (χ4n) is 2.52. The monoisotopic (exact) mass is 377 g/mol. The Morgan fingerprint density at radius 3 is 2.73 bits per heavy atom. The van der Waals surface area contributed by atoms with E-state index < -0.39 is 11.8 Å². The van der Waals surface area contributed by atoms with Crippen LogP contribution in [0.25, 0.3) is 10.9 Å². The minimum absolute atomic E-state index is 0.270. The lowest BCUT2D eigenvalue weighted by Gasteiger charge is -2.06. The molecule has 0 aliphatic rings. The molecule has 2 aromatic heterocycles. The van der Waals surface area contributed by atoms with Crippen LogP contribution in [-0.4, -0.2) is 27.3 Å². The number of hydrogen-bond acceptors (Lipinski definition) is 4. The van der Waals surface area contributed by atoms with Crippen LogP contribution in [0.3, 0.4) is 0 Å². The summed E-state index contributed by atoms with van der Waals surface area (Å²) in [6.07, 6.45) is 3.01. The highest BCUT2D eigenvalue weighted by Gasteiger charge is 2.15. The molecule has 0 aliphatic carbocycles. The average molecular weight is 378 g/mol. The normalized spacial score (nSPS) is 10.4. The summed E-state index contributed by atoms with van der Waals surface area (Å²) in [5, 5.41) is 5.35. The zero-order valence-corrected chi connectivity index (χ0v) is 16.0. The number of ether oxygens (including phenoxy) is 1. The second-order valence-electron chi connectivity index (χ2n) is 5.35. The molecule has 7 heteroatoms. The van der Waals surface area contributed by atoms with Crippen molar-refractivity contribution in [2.45, 2.75) is 34.2 Å². The molecule has 0 spiro atoms. The Hall–Kier alpha value is -2.47. The van der Waals surface area contributed by atoms with Gasteiger partial charge in [-0.1, -0.05) is 25.4 Å². The van der Waals surface area contributed by atoms with Crippen molar-refractivity contribution in [3.05, 3.63) is 58.3 Å². The number of aromatic nitrogens is 3. The minimum Gasteiger partial charge on any atom is -0.462 e. The number of halogens is 2. The van der Waals surface area contributed by atoms with Crippen molar-refractivity contribution < 1.29 is 13.9 Å². The molecule has 0 unspecified atom stereocenters. The van der Waals surface area contributed by atoms with Gasteiger partial charge in [0.1, 0.15) is 16.9 Å². The predicted octanol–water partition coefficient (Wildman–Crippen LogP) is 4.78. The van der Waals surface area contributed by atoms with Gasteiger partial charge in [0.15, 0.2) is 0 Å². The van der Waals surface area contributed by atoms with Gasteiger partial charge < -0.3 is 4.74 Å². The van der Waals surface area contributed by atoms with Crippen LogP contribution < -0.4 is 0 Å². The average Bonchev–Trinajstić information content (AvgIpc) is 2.97. The van der Waals surface area contributed by atoms with Gasteiger partial charge >= 0.3 is 5.97 Å². The van der Waals surface area contributed by atoms with E-state index in [1.807, 2.05) is 13.8 Å². The number of pyridine rings is 1. The number of esters is 1. The first kappa shape index (κ1) is 19.8. The van der Waals surface area contributed by atoms with Gasteiger partial charge in [-0.25, -0.2) is 9.18 Å². The molecule has 3 aromatic rings. The zero-order valence-electron chi connectivity index (χ0n) is 15.2. The fourth-order valence-corrected chi connectivity index (χ4v) is 2.69. The summed E-state index contributed by atoms with van der Waals surface area (Å²) in [7, 11) is 0. The maximum Gasteiger partial charge on any atom is 0.341 e. The van der Waals surface area contributed by atoms with Crippen molar-refractivity contribution in [2.24, 2.45) is 0 Å². The molecule has 138 valence electrons. The van der Waals surface area contributed by atoms with Gasteiger partial charge in [-0.2, -0.15) is 5.10 Å². The van der Waals surface area contributed by atoms with E-state index in [-0.39, 0.29) is 5.52 Å². The number of hydrogen-bond donors (Lipinski definition) is 0. The third-order valence-corrected chi connectivity index (χ3v) is 3.76. The van der Waals surface area contributed by atoms with Crippen molar-refractivity contribution >= 4 is 28.5 Å². The molecule has 26 heavy (non-hydrogen) atoms. The summed E-state index contributed by atoms with van der Waals surface area (Å²) in [5.41, 5.74) is 1.94. The number of nitrogens with zero attached hydrogens (tertiary/aromatic N) is 3. The Kier molecular flexibility index (Phi) is 6.69. The molecule has 0 bridgehead atoms. The Balaban J connectivity index is 0.00000117. The second kappa shape index (κ2) is 8.76. The molecule has 0 atom stereocenters. The molecular formula is C19H21ClFN3O2. The topological polar surface area (TPSA) is 57.0 Å². The molecule has 0 fully saturated rings. The van der Waals surface area contributed by atoms with Crippen LogP contribution in [0.5, 0.6) is 0 Å². The van der Waals surface area contributed by atoms with E-state index in [2.05, 4.69) is 10.1 Å². The lowest BCUT2D eigenvalue weighted by Crippen LogP contribution is -2.05. The van der Waals surface area contributed by atoms with Crippen LogP contribution in [-0.2, 0) is 11.3 Å². The number of benzene rings is 1. The van der Waals surface area contributed by atoms with Gasteiger partial charge in [0, 0.05) is 17.8 Å². The maximum absolute atomic E-state index is 14.2. The predicted molar refractivity (Wildman–Crippen MR) is 100 cm³/mol. The van der Waals surface area contributed by atoms with Crippen LogP contribution in [0.1, 0.15) is 42.4 Å². The maximum atomic E-state index is 14.2. The van der Waals surface area contributed by atoms with Crippen molar-refractivity contribution in [3.63, 3.8) is 0 Å². The third-order valence-electron chi connectivity index (χ3n) is 3.55. The van der Waals surface area contributed by atoms with Crippen LogP contribution in [0.4, 0.5) is 4.39 Å². The van der Waals surface area contributed by atoms with Crippen molar-refractivity contribution in [1.82, 2.24) is 14.8 Å². The summed E-state index contributed by atoms with van der Waals surface area (Å²) < 4.78 is 20.8. The largest absolute Gasteiger partial charge is 0.462 e. The van der Waals surface area contributed by atoms with Crippen LogP contribution in [0.2, 0.25) is 5.02 Å². The van der Waals surface area contributed by atoms with Gasteiger partial charge in [-0.3, -0.25) is 9.67 Å². The van der Waals surface area contributed by atoms with Crippen LogP contribution >= 0.6 is 11.6 Å². The van der Waals surface area contributed by atoms with E-state index in [4.69, 9.17) is 16.3 Å². The highest BCUT2D eigenvalue weighted by molar-refractivity contribution is 6.31. The number of rotatable bonds is 4. The molecule has 3 rings (SSSR count). The van der Waals surface area contributed by atoms with Crippen molar-refractivity contribution in [2.75, 3.05) is 6.61 Å². The lowest BCUT2D eigenvalue weighted by molar-refractivity contribution is 0.0525. The SMILES string of the molecule is CC.CCOC(=O)c1cn(Cc2cc(F)c3ncc(Cl)cc3c2)nc1C. The molecule has 0 N–H and O–H groups in total. The van der Waals surface area contributed by atoms with Crippen molar-refractivity contribution in [1.29, 1.82) is 0 Å². The summed E-state index contributed by atoms with van der Waals surface area (Å²) in [5.74, 6) is -0.837. The highest BCUT2D eigenvalue weighted by atomic mass is 35.5. The van der Waals surface area contributed by atoms with E-state index >= 15 is 0 Å². The van der Waals surface area contributed by atoms with Crippen LogP contribution in [0, 0.1) is 12.7 Å². The molecule has 1 aromatic carbocycles. The first-order chi connectivity index (χ1) is 12.5. The quantitative estimate of drug-likeness (QED) is 0.614. The third kappa shape index (κ3) is 4.38. The first-order valence-electron chi connectivity index (χ1n) is 8.42. The van der Waals surface area contributed by atoms with E-state index in [0.29, 0.717) is 40.4 Å². The van der Waals surface area contributed by atoms with Crippen molar-refractivity contribution in [3.8, 4) is 0 Å². The Labute approximate surface area is 156 Å². The minimum atomic E-state index is -0.423. The Morgan fingerprint density at radius 2 is 2.04 bits per heavy atom. The number of aryl methyl sites for hydroxylation is 1. The molecule has 0 aliphatic heterocycles. The second-order valence-corrected chi connectivity index (χ2v) is 5.79.